The summed E-state index contributed by atoms with van der Waals surface area (Å²) in [5.41, 5.74) is 2.30. The second kappa shape index (κ2) is 4.56. The van der Waals surface area contributed by atoms with Gasteiger partial charge in [0.2, 0.25) is 0 Å². The number of anilines is 1. The molecule has 1 aromatic carbocycles. The SMILES string of the molecule is Cc1ccc(F)cc1NC(=O)C(C)(N)C(F)(F)F. The summed E-state index contributed by atoms with van der Waals surface area (Å²) in [4.78, 5) is 11.5. The first-order valence-electron chi connectivity index (χ1n) is 4.99. The van der Waals surface area contributed by atoms with Crippen molar-refractivity contribution in [1.82, 2.24) is 0 Å². The fraction of sp³-hybridized carbons (Fsp3) is 0.364. The molecule has 0 spiro atoms. The van der Waals surface area contributed by atoms with Gasteiger partial charge in [-0.2, -0.15) is 13.2 Å². The minimum atomic E-state index is -4.89. The van der Waals surface area contributed by atoms with Crippen molar-refractivity contribution in [2.75, 3.05) is 5.32 Å². The molecule has 100 valence electrons. The molecule has 1 aromatic rings. The molecule has 1 unspecified atom stereocenters. The number of benzene rings is 1. The fourth-order valence-corrected chi connectivity index (χ4v) is 1.11. The van der Waals surface area contributed by atoms with E-state index in [4.69, 9.17) is 5.73 Å². The Morgan fingerprint density at radius 1 is 1.33 bits per heavy atom. The quantitative estimate of drug-likeness (QED) is 0.806. The van der Waals surface area contributed by atoms with Crippen LogP contribution in [-0.4, -0.2) is 17.6 Å². The average Bonchev–Trinajstić information content (AvgIpc) is 2.21. The lowest BCUT2D eigenvalue weighted by molar-refractivity contribution is -0.184. The van der Waals surface area contributed by atoms with Crippen molar-refractivity contribution < 1.29 is 22.4 Å². The van der Waals surface area contributed by atoms with E-state index in [0.29, 0.717) is 12.5 Å². The molecule has 1 atom stereocenters. The van der Waals surface area contributed by atoms with E-state index in [-0.39, 0.29) is 5.69 Å². The van der Waals surface area contributed by atoms with Crippen LogP contribution in [0.4, 0.5) is 23.2 Å². The van der Waals surface area contributed by atoms with Crippen LogP contribution in [0.2, 0.25) is 0 Å². The molecule has 1 rings (SSSR count). The first-order chi connectivity index (χ1) is 8.05. The first kappa shape index (κ1) is 14.4. The normalized spacial score (nSPS) is 15.1. The maximum atomic E-state index is 12.9. The summed E-state index contributed by atoms with van der Waals surface area (Å²) in [6, 6.07) is 3.41. The Morgan fingerprint density at radius 3 is 2.39 bits per heavy atom. The molecule has 0 aliphatic heterocycles. The summed E-state index contributed by atoms with van der Waals surface area (Å²) in [5, 5.41) is 1.97. The van der Waals surface area contributed by atoms with Gasteiger partial charge in [-0.15, -0.1) is 0 Å². The summed E-state index contributed by atoms with van der Waals surface area (Å²) >= 11 is 0. The molecule has 0 bridgehead atoms. The lowest BCUT2D eigenvalue weighted by atomic mass is 10.0. The third-order valence-corrected chi connectivity index (χ3v) is 2.51. The summed E-state index contributed by atoms with van der Waals surface area (Å²) in [5.74, 6) is -2.11. The van der Waals surface area contributed by atoms with Gasteiger partial charge in [0, 0.05) is 5.69 Å². The summed E-state index contributed by atoms with van der Waals surface area (Å²) < 4.78 is 50.4. The highest BCUT2D eigenvalue weighted by Crippen LogP contribution is 2.29. The van der Waals surface area contributed by atoms with Gasteiger partial charge in [0.1, 0.15) is 5.82 Å². The van der Waals surface area contributed by atoms with Gasteiger partial charge in [0.25, 0.3) is 5.91 Å². The van der Waals surface area contributed by atoms with Gasteiger partial charge in [-0.1, -0.05) is 6.07 Å². The van der Waals surface area contributed by atoms with Crippen molar-refractivity contribution >= 4 is 11.6 Å². The molecule has 0 radical (unpaired) electrons. The molecule has 7 heteroatoms. The maximum Gasteiger partial charge on any atom is 0.415 e. The molecule has 0 fully saturated rings. The van der Waals surface area contributed by atoms with Crippen molar-refractivity contribution in [2.45, 2.75) is 25.6 Å². The molecule has 0 heterocycles. The number of rotatable bonds is 2. The average molecular weight is 264 g/mol. The van der Waals surface area contributed by atoms with Crippen LogP contribution in [0.15, 0.2) is 18.2 Å². The molecule has 0 aliphatic rings. The number of aryl methyl sites for hydroxylation is 1. The van der Waals surface area contributed by atoms with Crippen molar-refractivity contribution in [3.8, 4) is 0 Å². The zero-order chi connectivity index (χ0) is 14.1. The van der Waals surface area contributed by atoms with Crippen molar-refractivity contribution in [3.63, 3.8) is 0 Å². The summed E-state index contributed by atoms with van der Waals surface area (Å²) in [7, 11) is 0. The largest absolute Gasteiger partial charge is 0.415 e. The number of nitrogens with two attached hydrogens (primary N) is 1. The number of nitrogens with one attached hydrogen (secondary N) is 1. The van der Waals surface area contributed by atoms with Gasteiger partial charge in [-0.3, -0.25) is 4.79 Å². The molecule has 0 saturated carbocycles. The van der Waals surface area contributed by atoms with E-state index in [1.54, 1.807) is 0 Å². The maximum absolute atomic E-state index is 12.9. The number of amides is 1. The van der Waals surface area contributed by atoms with Crippen LogP contribution in [0, 0.1) is 12.7 Å². The van der Waals surface area contributed by atoms with Crippen LogP contribution in [0.1, 0.15) is 12.5 Å². The Morgan fingerprint density at radius 2 is 1.89 bits per heavy atom. The van der Waals surface area contributed by atoms with Crippen molar-refractivity contribution in [2.24, 2.45) is 5.73 Å². The van der Waals surface area contributed by atoms with Gasteiger partial charge in [-0.25, -0.2) is 4.39 Å². The third-order valence-electron chi connectivity index (χ3n) is 2.51. The second-order valence-corrected chi connectivity index (χ2v) is 4.11. The second-order valence-electron chi connectivity index (χ2n) is 4.11. The van der Waals surface area contributed by atoms with E-state index in [1.807, 2.05) is 5.32 Å². The summed E-state index contributed by atoms with van der Waals surface area (Å²) in [6.45, 7) is 2.08. The van der Waals surface area contributed by atoms with Gasteiger partial charge < -0.3 is 11.1 Å². The van der Waals surface area contributed by atoms with E-state index in [9.17, 15) is 22.4 Å². The molecule has 0 aliphatic carbocycles. The fourth-order valence-electron chi connectivity index (χ4n) is 1.11. The molecule has 3 nitrogen and oxygen atoms in total. The molecular formula is C11H12F4N2O. The molecular weight excluding hydrogens is 252 g/mol. The lowest BCUT2D eigenvalue weighted by Gasteiger charge is -2.26. The van der Waals surface area contributed by atoms with E-state index >= 15 is 0 Å². The molecule has 0 saturated heterocycles. The third kappa shape index (κ3) is 2.79. The van der Waals surface area contributed by atoms with Crippen LogP contribution >= 0.6 is 0 Å². The minimum Gasteiger partial charge on any atom is -0.324 e. The number of halogens is 4. The number of alkyl halides is 3. The molecule has 3 N–H and O–H groups in total. The van der Waals surface area contributed by atoms with E-state index in [0.717, 1.165) is 12.1 Å². The van der Waals surface area contributed by atoms with Crippen LogP contribution < -0.4 is 11.1 Å². The zero-order valence-corrected chi connectivity index (χ0v) is 9.73. The highest BCUT2D eigenvalue weighted by molar-refractivity contribution is 5.98. The topological polar surface area (TPSA) is 55.1 Å². The van der Waals surface area contributed by atoms with Crippen LogP contribution in [-0.2, 0) is 4.79 Å². The summed E-state index contributed by atoms with van der Waals surface area (Å²) in [6.07, 6.45) is -4.89. The highest BCUT2D eigenvalue weighted by atomic mass is 19.4. The number of hydrogen-bond acceptors (Lipinski definition) is 2. The van der Waals surface area contributed by atoms with Crippen LogP contribution in [0.25, 0.3) is 0 Å². The van der Waals surface area contributed by atoms with Crippen molar-refractivity contribution in [1.29, 1.82) is 0 Å². The Bertz CT molecular complexity index is 469. The molecule has 1 amide bonds. The number of hydrogen-bond donors (Lipinski definition) is 2. The van der Waals surface area contributed by atoms with Crippen LogP contribution in [0.5, 0.6) is 0 Å². The standard InChI is InChI=1S/C11H12F4N2O/c1-6-3-4-7(12)5-8(6)17-9(18)10(2,16)11(13,14)15/h3-5H,16H2,1-2H3,(H,17,18). The predicted octanol–water partition coefficient (Wildman–Crippen LogP) is 2.35. The minimum absolute atomic E-state index is 0.0408. The monoisotopic (exact) mass is 264 g/mol. The van der Waals surface area contributed by atoms with Crippen LogP contribution in [0.3, 0.4) is 0 Å². The lowest BCUT2D eigenvalue weighted by Crippen LogP contribution is -2.59. The van der Waals surface area contributed by atoms with E-state index in [2.05, 4.69) is 0 Å². The first-order valence-corrected chi connectivity index (χ1v) is 4.99. The smallest absolute Gasteiger partial charge is 0.324 e. The highest BCUT2D eigenvalue weighted by Gasteiger charge is 2.54. The Hall–Kier alpha value is -1.63. The Kier molecular flexibility index (Phi) is 3.66. The zero-order valence-electron chi connectivity index (χ0n) is 9.73. The van der Waals surface area contributed by atoms with Gasteiger partial charge in [-0.05, 0) is 31.5 Å². The molecule has 18 heavy (non-hydrogen) atoms. The number of carbonyl (C=O) groups excluding carboxylic acids is 1. The predicted molar refractivity (Wildman–Crippen MR) is 58.4 cm³/mol. The Balaban J connectivity index is 2.98. The van der Waals surface area contributed by atoms with E-state index in [1.165, 1.54) is 13.0 Å². The van der Waals surface area contributed by atoms with E-state index < -0.39 is 23.4 Å². The van der Waals surface area contributed by atoms with Crippen molar-refractivity contribution in [3.05, 3.63) is 29.6 Å². The van der Waals surface area contributed by atoms with Gasteiger partial charge in [0.15, 0.2) is 5.54 Å². The van der Waals surface area contributed by atoms with Gasteiger partial charge in [0.05, 0.1) is 0 Å². The number of carbonyl (C=O) groups is 1. The van der Waals surface area contributed by atoms with Gasteiger partial charge >= 0.3 is 6.18 Å². The molecule has 0 aromatic heterocycles. The Labute approximate surface area is 101 Å².